The largest absolute Gasteiger partial charge is 0.314 e. The lowest BCUT2D eigenvalue weighted by atomic mass is 9.76. The van der Waals surface area contributed by atoms with Crippen LogP contribution in [0.1, 0.15) is 45.1 Å². The van der Waals surface area contributed by atoms with E-state index in [-0.39, 0.29) is 0 Å². The Kier molecular flexibility index (Phi) is 5.05. The summed E-state index contributed by atoms with van der Waals surface area (Å²) in [5.74, 6) is 1.82. The third-order valence-corrected chi connectivity index (χ3v) is 4.83. The molecule has 1 N–H and O–H groups in total. The van der Waals surface area contributed by atoms with Crippen molar-refractivity contribution in [2.75, 3.05) is 6.54 Å². The molecule has 0 radical (unpaired) electrons. The zero-order chi connectivity index (χ0) is 12.1. The van der Waals surface area contributed by atoms with Gasteiger partial charge in [0.15, 0.2) is 0 Å². The Morgan fingerprint density at radius 1 is 1.41 bits per heavy atom. The number of rotatable bonds is 5. The molecule has 0 aliphatic heterocycles. The fraction of sp³-hybridized carbons (Fsp3) is 0.733. The molecule has 1 aromatic rings. The van der Waals surface area contributed by atoms with Crippen molar-refractivity contribution in [2.24, 2.45) is 11.8 Å². The molecule has 1 heterocycles. The monoisotopic (exact) mass is 251 g/mol. The van der Waals surface area contributed by atoms with E-state index in [1.54, 1.807) is 0 Å². The van der Waals surface area contributed by atoms with Gasteiger partial charge in [-0.05, 0) is 72.9 Å². The third kappa shape index (κ3) is 3.82. The predicted octanol–water partition coefficient (Wildman–Crippen LogP) is 4.10. The minimum Gasteiger partial charge on any atom is -0.314 e. The van der Waals surface area contributed by atoms with Gasteiger partial charge in [0.25, 0.3) is 0 Å². The topological polar surface area (TPSA) is 12.0 Å². The maximum absolute atomic E-state index is 3.69. The zero-order valence-electron chi connectivity index (χ0n) is 11.1. The van der Waals surface area contributed by atoms with E-state index >= 15 is 0 Å². The lowest BCUT2D eigenvalue weighted by Gasteiger charge is -2.35. The van der Waals surface area contributed by atoms with Gasteiger partial charge in [0, 0.05) is 6.04 Å². The molecule has 96 valence electrons. The Morgan fingerprint density at radius 2 is 2.29 bits per heavy atom. The molecule has 0 aromatic carbocycles. The Morgan fingerprint density at radius 3 is 3.00 bits per heavy atom. The van der Waals surface area contributed by atoms with Crippen LogP contribution in [0.25, 0.3) is 0 Å². The van der Waals surface area contributed by atoms with Crippen molar-refractivity contribution < 1.29 is 0 Å². The zero-order valence-corrected chi connectivity index (χ0v) is 11.9. The molecule has 1 aromatic heterocycles. The van der Waals surface area contributed by atoms with Crippen LogP contribution in [0.5, 0.6) is 0 Å². The summed E-state index contributed by atoms with van der Waals surface area (Å²) in [6.45, 7) is 5.77. The summed E-state index contributed by atoms with van der Waals surface area (Å²) in [5.41, 5.74) is 1.53. The number of hydrogen-bond acceptors (Lipinski definition) is 2. The quantitative estimate of drug-likeness (QED) is 0.831. The lowest BCUT2D eigenvalue weighted by molar-refractivity contribution is 0.205. The van der Waals surface area contributed by atoms with Crippen molar-refractivity contribution >= 4 is 11.3 Å². The fourth-order valence-electron chi connectivity index (χ4n) is 3.14. The summed E-state index contributed by atoms with van der Waals surface area (Å²) in [4.78, 5) is 0. The molecule has 1 nitrogen and oxygen atoms in total. The first-order valence-corrected chi connectivity index (χ1v) is 7.98. The van der Waals surface area contributed by atoms with Crippen LogP contribution in [0.15, 0.2) is 16.8 Å². The molecular weight excluding hydrogens is 226 g/mol. The highest BCUT2D eigenvalue weighted by Crippen LogP contribution is 2.32. The number of thiophene rings is 1. The van der Waals surface area contributed by atoms with E-state index in [0.29, 0.717) is 0 Å². The molecule has 2 rings (SSSR count). The van der Waals surface area contributed by atoms with Gasteiger partial charge in [-0.3, -0.25) is 0 Å². The molecule has 3 atom stereocenters. The first kappa shape index (κ1) is 13.1. The molecule has 2 heteroatoms. The molecule has 1 fully saturated rings. The molecule has 0 amide bonds. The van der Waals surface area contributed by atoms with Crippen LogP contribution in [0, 0.1) is 11.8 Å². The number of hydrogen-bond donors (Lipinski definition) is 1. The Hall–Kier alpha value is -0.340. The van der Waals surface area contributed by atoms with Crippen LogP contribution < -0.4 is 5.32 Å². The molecule has 1 aliphatic carbocycles. The van der Waals surface area contributed by atoms with Crippen LogP contribution in [0.4, 0.5) is 0 Å². The van der Waals surface area contributed by atoms with Gasteiger partial charge in [0.05, 0.1) is 0 Å². The molecule has 0 bridgehead atoms. The molecule has 3 unspecified atom stereocenters. The van der Waals surface area contributed by atoms with Crippen molar-refractivity contribution in [3.63, 3.8) is 0 Å². The van der Waals surface area contributed by atoms with Crippen LogP contribution in [-0.2, 0) is 6.42 Å². The molecule has 17 heavy (non-hydrogen) atoms. The molecular formula is C15H25NS. The molecule has 1 aliphatic rings. The summed E-state index contributed by atoms with van der Waals surface area (Å²) in [6.07, 6.45) is 6.83. The number of aryl methyl sites for hydroxylation is 1. The van der Waals surface area contributed by atoms with Crippen molar-refractivity contribution in [1.82, 2.24) is 5.32 Å². The summed E-state index contributed by atoms with van der Waals surface area (Å²) in [7, 11) is 0. The van der Waals surface area contributed by atoms with Gasteiger partial charge in [0.1, 0.15) is 0 Å². The van der Waals surface area contributed by atoms with Gasteiger partial charge >= 0.3 is 0 Å². The molecule has 1 saturated carbocycles. The van der Waals surface area contributed by atoms with Gasteiger partial charge in [-0.15, -0.1) is 0 Å². The van der Waals surface area contributed by atoms with E-state index in [9.17, 15) is 0 Å². The summed E-state index contributed by atoms with van der Waals surface area (Å²) in [6, 6.07) is 3.05. The highest BCUT2D eigenvalue weighted by Gasteiger charge is 2.27. The van der Waals surface area contributed by atoms with E-state index in [4.69, 9.17) is 0 Å². The van der Waals surface area contributed by atoms with E-state index in [0.717, 1.165) is 24.4 Å². The lowest BCUT2D eigenvalue weighted by Crippen LogP contribution is -2.40. The SMILES string of the molecule is CCNC1CCC(C)CC1CCc1ccsc1. The second-order valence-electron chi connectivity index (χ2n) is 5.51. The maximum atomic E-state index is 3.69. The summed E-state index contributed by atoms with van der Waals surface area (Å²) >= 11 is 1.82. The van der Waals surface area contributed by atoms with E-state index in [1.807, 2.05) is 11.3 Å². The van der Waals surface area contributed by atoms with Crippen molar-refractivity contribution in [2.45, 2.75) is 52.0 Å². The van der Waals surface area contributed by atoms with Crippen molar-refractivity contribution in [1.29, 1.82) is 0 Å². The average molecular weight is 251 g/mol. The van der Waals surface area contributed by atoms with Crippen LogP contribution in [-0.4, -0.2) is 12.6 Å². The van der Waals surface area contributed by atoms with E-state index < -0.39 is 0 Å². The number of nitrogens with one attached hydrogen (secondary N) is 1. The minimum absolute atomic E-state index is 0.773. The fourth-order valence-corrected chi connectivity index (χ4v) is 3.84. The van der Waals surface area contributed by atoms with Crippen LogP contribution in [0.2, 0.25) is 0 Å². The summed E-state index contributed by atoms with van der Waals surface area (Å²) < 4.78 is 0. The van der Waals surface area contributed by atoms with Crippen molar-refractivity contribution in [3.05, 3.63) is 22.4 Å². The predicted molar refractivity (Wildman–Crippen MR) is 76.6 cm³/mol. The van der Waals surface area contributed by atoms with Gasteiger partial charge in [-0.2, -0.15) is 11.3 Å². The molecule has 0 spiro atoms. The Bertz CT molecular complexity index is 307. The van der Waals surface area contributed by atoms with Gasteiger partial charge in [0.2, 0.25) is 0 Å². The van der Waals surface area contributed by atoms with E-state index in [1.165, 1.54) is 37.7 Å². The second kappa shape index (κ2) is 6.55. The first-order valence-electron chi connectivity index (χ1n) is 7.04. The van der Waals surface area contributed by atoms with Crippen LogP contribution >= 0.6 is 11.3 Å². The van der Waals surface area contributed by atoms with Gasteiger partial charge in [-0.25, -0.2) is 0 Å². The minimum atomic E-state index is 0.773. The Labute approximate surface area is 110 Å². The van der Waals surface area contributed by atoms with Gasteiger partial charge < -0.3 is 5.32 Å². The third-order valence-electron chi connectivity index (χ3n) is 4.09. The average Bonchev–Trinajstić information content (AvgIpc) is 2.82. The first-order chi connectivity index (χ1) is 8.29. The highest BCUT2D eigenvalue weighted by molar-refractivity contribution is 7.07. The smallest absolute Gasteiger partial charge is 0.00955 e. The van der Waals surface area contributed by atoms with Crippen LogP contribution in [0.3, 0.4) is 0 Å². The summed E-state index contributed by atoms with van der Waals surface area (Å²) in [5, 5.41) is 8.18. The standard InChI is InChI=1S/C15H25NS/c1-3-16-15-7-4-12(2)10-14(15)6-5-13-8-9-17-11-13/h8-9,11-12,14-16H,3-7,10H2,1-2H3. The normalized spacial score (nSPS) is 29.4. The van der Waals surface area contributed by atoms with E-state index in [2.05, 4.69) is 36.0 Å². The maximum Gasteiger partial charge on any atom is 0.00955 e. The highest BCUT2D eigenvalue weighted by atomic mass is 32.1. The Balaban J connectivity index is 1.86. The second-order valence-corrected chi connectivity index (χ2v) is 6.29. The van der Waals surface area contributed by atoms with Crippen molar-refractivity contribution in [3.8, 4) is 0 Å². The van der Waals surface area contributed by atoms with Gasteiger partial charge in [-0.1, -0.05) is 13.8 Å². The molecule has 0 saturated heterocycles.